The van der Waals surface area contributed by atoms with Crippen LogP contribution in [0, 0.1) is 11.5 Å². The van der Waals surface area contributed by atoms with E-state index in [2.05, 4.69) is 10.4 Å². The average molecular weight is 550 g/mol. The number of carbonyl (C=O) groups excluding carboxylic acids is 2. The van der Waals surface area contributed by atoms with Gasteiger partial charge < -0.3 is 10.2 Å². The molecule has 0 fully saturated rings. The first-order valence-electron chi connectivity index (χ1n) is 11.5. The number of rotatable bonds is 6. The van der Waals surface area contributed by atoms with Gasteiger partial charge in [0, 0.05) is 18.7 Å². The van der Waals surface area contributed by atoms with Gasteiger partial charge in [0.15, 0.2) is 11.9 Å². The van der Waals surface area contributed by atoms with Crippen LogP contribution in [0.4, 0.5) is 32.2 Å². The summed E-state index contributed by atoms with van der Waals surface area (Å²) in [6.07, 6.45) is -8.06. The molecule has 4 rings (SSSR count). The fourth-order valence-electron chi connectivity index (χ4n) is 4.28. The van der Waals surface area contributed by atoms with E-state index in [-0.39, 0.29) is 36.6 Å². The van der Waals surface area contributed by atoms with E-state index in [0.29, 0.717) is 5.56 Å². The molecule has 1 aromatic heterocycles. The molecule has 2 aromatic carbocycles. The van der Waals surface area contributed by atoms with Crippen molar-refractivity contribution in [3.63, 3.8) is 0 Å². The molecule has 8 nitrogen and oxygen atoms in total. The summed E-state index contributed by atoms with van der Waals surface area (Å²) in [4.78, 5) is 26.4. The molecule has 1 aliphatic heterocycles. The average Bonchev–Trinajstić information content (AvgIpc) is 3.44. The predicted molar refractivity (Wildman–Crippen MR) is 125 cm³/mol. The first-order chi connectivity index (χ1) is 18.3. The summed E-state index contributed by atoms with van der Waals surface area (Å²) in [6, 6.07) is 9.36. The molecule has 2 heterocycles. The fourth-order valence-corrected chi connectivity index (χ4v) is 4.28. The Balaban J connectivity index is 1.62. The van der Waals surface area contributed by atoms with E-state index >= 15 is 0 Å². The lowest BCUT2D eigenvalue weighted by Crippen LogP contribution is -2.31. The van der Waals surface area contributed by atoms with Gasteiger partial charge in [0.2, 0.25) is 0 Å². The Morgan fingerprint density at radius 1 is 1.03 bits per heavy atom. The van der Waals surface area contributed by atoms with Crippen molar-refractivity contribution >= 4 is 17.6 Å². The highest BCUT2D eigenvalue weighted by atomic mass is 19.4. The highest BCUT2D eigenvalue weighted by Crippen LogP contribution is 2.39. The third-order valence-electron chi connectivity index (χ3n) is 6.12. The van der Waals surface area contributed by atoms with Gasteiger partial charge in [-0.1, -0.05) is 24.3 Å². The van der Waals surface area contributed by atoms with Crippen molar-refractivity contribution in [2.75, 3.05) is 11.4 Å². The van der Waals surface area contributed by atoms with Gasteiger partial charge in [-0.2, -0.15) is 36.7 Å². The lowest BCUT2D eigenvalue weighted by Gasteiger charge is -2.21. The number of aromatic nitrogens is 2. The predicted octanol–water partition coefficient (Wildman–Crippen LogP) is 4.64. The SMILES string of the molecule is C[C@H](NC(=O)c1c(C(F)(F)F)nn2c1N(Cc1cccc(C(F)(F)F)c1)CC2)c1ccc(C(=O)NC#N)cc1. The molecule has 3 aromatic rings. The van der Waals surface area contributed by atoms with Crippen molar-refractivity contribution in [2.24, 2.45) is 0 Å². The maximum Gasteiger partial charge on any atom is 0.436 e. The number of fused-ring (bicyclic) bond motifs is 1. The number of anilines is 1. The van der Waals surface area contributed by atoms with Crippen molar-refractivity contribution in [1.29, 1.82) is 5.26 Å². The van der Waals surface area contributed by atoms with Gasteiger partial charge in [0.1, 0.15) is 11.4 Å². The zero-order valence-electron chi connectivity index (χ0n) is 20.2. The minimum atomic E-state index is -4.97. The molecule has 0 saturated heterocycles. The maximum absolute atomic E-state index is 13.9. The van der Waals surface area contributed by atoms with Gasteiger partial charge in [-0.3, -0.25) is 14.9 Å². The molecule has 2 amide bonds. The van der Waals surface area contributed by atoms with Crippen LogP contribution in [0.5, 0.6) is 0 Å². The normalized spacial score (nSPS) is 13.9. The van der Waals surface area contributed by atoms with Crippen LogP contribution in [-0.2, 0) is 25.4 Å². The summed E-state index contributed by atoms with van der Waals surface area (Å²) in [5.41, 5.74) is -2.20. The molecule has 0 aliphatic carbocycles. The quantitative estimate of drug-likeness (QED) is 0.265. The first kappa shape index (κ1) is 27.5. The van der Waals surface area contributed by atoms with Crippen LogP contribution < -0.4 is 15.5 Å². The first-order valence-corrected chi connectivity index (χ1v) is 11.5. The van der Waals surface area contributed by atoms with E-state index in [0.717, 1.165) is 16.8 Å². The van der Waals surface area contributed by atoms with E-state index in [9.17, 15) is 35.9 Å². The Morgan fingerprint density at radius 3 is 2.33 bits per heavy atom. The summed E-state index contributed by atoms with van der Waals surface area (Å²) < 4.78 is 82.1. The summed E-state index contributed by atoms with van der Waals surface area (Å²) >= 11 is 0. The number of nitriles is 1. The van der Waals surface area contributed by atoms with E-state index in [1.165, 1.54) is 54.4 Å². The molecule has 0 bridgehead atoms. The Labute approximate surface area is 217 Å². The van der Waals surface area contributed by atoms with Crippen molar-refractivity contribution in [2.45, 2.75) is 38.4 Å². The van der Waals surface area contributed by atoms with E-state index < -0.39 is 47.0 Å². The number of nitrogens with zero attached hydrogens (tertiary/aromatic N) is 4. The zero-order chi connectivity index (χ0) is 28.5. The third-order valence-corrected chi connectivity index (χ3v) is 6.12. The largest absolute Gasteiger partial charge is 0.436 e. The summed E-state index contributed by atoms with van der Waals surface area (Å²) in [5.74, 6) is -1.86. The van der Waals surface area contributed by atoms with Crippen molar-refractivity contribution < 1.29 is 35.9 Å². The summed E-state index contributed by atoms with van der Waals surface area (Å²) in [5, 5.41) is 16.6. The smallest absolute Gasteiger partial charge is 0.350 e. The van der Waals surface area contributed by atoms with Gasteiger partial charge in [-0.25, -0.2) is 4.68 Å². The van der Waals surface area contributed by atoms with Gasteiger partial charge >= 0.3 is 12.4 Å². The number of alkyl halides is 6. The Hall–Kier alpha value is -4.54. The van der Waals surface area contributed by atoms with E-state index in [4.69, 9.17) is 5.26 Å². The molecular formula is C25H20F6N6O2. The van der Waals surface area contributed by atoms with Crippen LogP contribution in [0.15, 0.2) is 48.5 Å². The second kappa shape index (κ2) is 10.3. The molecule has 0 spiro atoms. The second-order valence-corrected chi connectivity index (χ2v) is 8.77. The number of benzene rings is 2. The van der Waals surface area contributed by atoms with Gasteiger partial charge in [0.25, 0.3) is 11.8 Å². The molecule has 1 atom stereocenters. The zero-order valence-corrected chi connectivity index (χ0v) is 20.2. The van der Waals surface area contributed by atoms with Crippen LogP contribution in [0.1, 0.15) is 56.1 Å². The molecular weight excluding hydrogens is 530 g/mol. The van der Waals surface area contributed by atoms with Crippen molar-refractivity contribution in [3.8, 4) is 6.19 Å². The number of hydrogen-bond donors (Lipinski definition) is 2. The number of nitrogens with one attached hydrogen (secondary N) is 2. The molecule has 14 heteroatoms. The van der Waals surface area contributed by atoms with Crippen molar-refractivity contribution in [3.05, 3.63) is 82.0 Å². The number of halogens is 6. The second-order valence-electron chi connectivity index (χ2n) is 8.77. The Morgan fingerprint density at radius 2 is 1.72 bits per heavy atom. The minimum Gasteiger partial charge on any atom is -0.350 e. The molecule has 1 aliphatic rings. The highest BCUT2D eigenvalue weighted by molar-refractivity contribution is 6.01. The lowest BCUT2D eigenvalue weighted by molar-refractivity contribution is -0.142. The van der Waals surface area contributed by atoms with Crippen LogP contribution in [0.25, 0.3) is 0 Å². The lowest BCUT2D eigenvalue weighted by atomic mass is 10.0. The summed E-state index contributed by atoms with van der Waals surface area (Å²) in [7, 11) is 0. The van der Waals surface area contributed by atoms with E-state index in [1.54, 1.807) is 0 Å². The van der Waals surface area contributed by atoms with Crippen LogP contribution in [-0.4, -0.2) is 28.1 Å². The molecule has 0 radical (unpaired) electrons. The third kappa shape index (κ3) is 5.82. The number of hydrogen-bond acceptors (Lipinski definition) is 5. The Kier molecular flexibility index (Phi) is 7.27. The highest BCUT2D eigenvalue weighted by Gasteiger charge is 2.44. The Bertz CT molecular complexity index is 1440. The van der Waals surface area contributed by atoms with Gasteiger partial charge in [-0.15, -0.1) is 0 Å². The summed E-state index contributed by atoms with van der Waals surface area (Å²) in [6.45, 7) is 1.50. The monoisotopic (exact) mass is 550 g/mol. The van der Waals surface area contributed by atoms with Crippen LogP contribution >= 0.6 is 0 Å². The topological polar surface area (TPSA) is 103 Å². The fraction of sp³-hybridized carbons (Fsp3) is 0.280. The van der Waals surface area contributed by atoms with Gasteiger partial charge in [0.05, 0.1) is 18.2 Å². The van der Waals surface area contributed by atoms with Gasteiger partial charge in [-0.05, 0) is 42.3 Å². The van der Waals surface area contributed by atoms with Crippen molar-refractivity contribution in [1.82, 2.24) is 20.4 Å². The number of carbonyl (C=O) groups is 2. The molecule has 0 saturated carbocycles. The standard InChI is InChI=1S/C25H20F6N6O2/c1-14(16-5-7-17(8-6-16)21(38)33-13-32)34-22(39)19-20(25(29,30)31)35-37-10-9-36(23(19)37)12-15-3-2-4-18(11-15)24(26,27)28/h2-8,11,14H,9-10,12H2,1H3,(H,33,38)(H,34,39)/t14-/m0/s1. The van der Waals surface area contributed by atoms with E-state index in [1.807, 2.05) is 5.32 Å². The molecule has 39 heavy (non-hydrogen) atoms. The molecule has 0 unspecified atom stereocenters. The van der Waals surface area contributed by atoms with Crippen LogP contribution in [0.3, 0.4) is 0 Å². The minimum absolute atomic E-state index is 0.00638. The molecule has 2 N–H and O–H groups in total. The number of amides is 2. The van der Waals surface area contributed by atoms with Crippen LogP contribution in [0.2, 0.25) is 0 Å². The molecule has 204 valence electrons. The maximum atomic E-state index is 13.9.